The van der Waals surface area contributed by atoms with Gasteiger partial charge in [-0.1, -0.05) is 0 Å². The van der Waals surface area contributed by atoms with E-state index in [1.54, 1.807) is 25.6 Å². The number of aryl methyl sites for hydroxylation is 1. The first kappa shape index (κ1) is 12.6. The van der Waals surface area contributed by atoms with Gasteiger partial charge in [-0.2, -0.15) is 0 Å². The number of hydrogen-bond acceptors (Lipinski definition) is 5. The second-order valence-corrected chi connectivity index (χ2v) is 4.03. The van der Waals surface area contributed by atoms with Gasteiger partial charge in [0.2, 0.25) is 0 Å². The molecule has 0 saturated heterocycles. The van der Waals surface area contributed by atoms with Crippen molar-refractivity contribution in [2.45, 2.75) is 19.6 Å². The number of aromatic nitrogens is 1. The summed E-state index contributed by atoms with van der Waals surface area (Å²) in [5.74, 6) is 0. The van der Waals surface area contributed by atoms with Gasteiger partial charge in [-0.3, -0.25) is 0 Å². The Morgan fingerprint density at radius 1 is 1.40 bits per heavy atom. The number of thiazole rings is 1. The maximum atomic E-state index is 5.43. The summed E-state index contributed by atoms with van der Waals surface area (Å²) in [6.45, 7) is 3.15. The molecule has 0 radical (unpaired) electrons. The summed E-state index contributed by atoms with van der Waals surface area (Å²) < 4.78 is 15.4. The molecule has 0 unspecified atom stereocenters. The highest BCUT2D eigenvalue weighted by atomic mass is 32.1. The zero-order chi connectivity index (χ0) is 11.1. The van der Waals surface area contributed by atoms with Crippen LogP contribution in [0, 0.1) is 6.92 Å². The van der Waals surface area contributed by atoms with Crippen LogP contribution in [0.1, 0.15) is 10.6 Å². The fraction of sp³-hybridized carbons (Fsp3) is 0.700. The number of nitrogens with zero attached hydrogens (tertiary/aromatic N) is 1. The number of methoxy groups -OCH3 is 2. The first-order valence-electron chi connectivity index (χ1n) is 4.80. The van der Waals surface area contributed by atoms with E-state index in [-0.39, 0.29) is 6.29 Å². The van der Waals surface area contributed by atoms with Crippen LogP contribution in [0.2, 0.25) is 0 Å². The highest BCUT2D eigenvalue weighted by Gasteiger charge is 2.05. The van der Waals surface area contributed by atoms with Gasteiger partial charge >= 0.3 is 0 Å². The molecule has 4 nitrogen and oxygen atoms in total. The molecule has 0 spiro atoms. The van der Waals surface area contributed by atoms with Crippen LogP contribution in [0.25, 0.3) is 0 Å². The maximum absolute atomic E-state index is 5.43. The molecule has 1 rings (SSSR count). The lowest BCUT2D eigenvalue weighted by atomic mass is 10.3. The van der Waals surface area contributed by atoms with Crippen LogP contribution in [0.3, 0.4) is 0 Å². The molecule has 0 saturated carbocycles. The molecular weight excluding hydrogens is 214 g/mol. The van der Waals surface area contributed by atoms with Gasteiger partial charge in [-0.05, 0) is 6.92 Å². The normalized spacial score (nSPS) is 11.2. The standard InChI is InChI=1S/C10H17NO3S/c1-8-9(15-7-11-8)4-5-14-6-10(12-2)13-3/h7,10H,4-6H2,1-3H3. The summed E-state index contributed by atoms with van der Waals surface area (Å²) in [6, 6.07) is 0. The second kappa shape index (κ2) is 6.90. The Morgan fingerprint density at radius 2 is 2.13 bits per heavy atom. The Hall–Kier alpha value is -0.490. The summed E-state index contributed by atoms with van der Waals surface area (Å²) in [6.07, 6.45) is 0.629. The lowest BCUT2D eigenvalue weighted by Gasteiger charge is -2.13. The van der Waals surface area contributed by atoms with Crippen LogP contribution in [-0.2, 0) is 20.6 Å². The molecule has 0 amide bonds. The molecule has 0 atom stereocenters. The van der Waals surface area contributed by atoms with Crippen LogP contribution in [-0.4, -0.2) is 38.7 Å². The predicted molar refractivity (Wildman–Crippen MR) is 59.2 cm³/mol. The molecule has 0 N–H and O–H groups in total. The van der Waals surface area contributed by atoms with E-state index >= 15 is 0 Å². The van der Waals surface area contributed by atoms with Crippen LogP contribution in [0.5, 0.6) is 0 Å². The SMILES string of the molecule is COC(COCCc1scnc1C)OC. The summed E-state index contributed by atoms with van der Waals surface area (Å²) in [4.78, 5) is 5.46. The zero-order valence-corrected chi connectivity index (χ0v) is 10.2. The van der Waals surface area contributed by atoms with Crippen LogP contribution < -0.4 is 0 Å². The van der Waals surface area contributed by atoms with Gasteiger partial charge in [0.25, 0.3) is 0 Å². The molecule has 0 fully saturated rings. The van der Waals surface area contributed by atoms with Crippen molar-refractivity contribution < 1.29 is 14.2 Å². The predicted octanol–water partition coefficient (Wildman–Crippen LogP) is 1.63. The van der Waals surface area contributed by atoms with Crippen LogP contribution >= 0.6 is 11.3 Å². The summed E-state index contributed by atoms with van der Waals surface area (Å²) >= 11 is 1.67. The molecule has 5 heteroatoms. The fourth-order valence-corrected chi connectivity index (χ4v) is 1.91. The molecule has 0 aromatic carbocycles. The molecule has 0 aliphatic heterocycles. The van der Waals surface area contributed by atoms with E-state index in [4.69, 9.17) is 14.2 Å². The average molecular weight is 231 g/mol. The Labute approximate surface area is 94.2 Å². The largest absolute Gasteiger partial charge is 0.376 e. The molecule has 86 valence electrons. The van der Waals surface area contributed by atoms with Crippen LogP contribution in [0.15, 0.2) is 5.51 Å². The van der Waals surface area contributed by atoms with Gasteiger partial charge in [0.05, 0.1) is 24.4 Å². The Kier molecular flexibility index (Phi) is 5.78. The summed E-state index contributed by atoms with van der Waals surface area (Å²) in [7, 11) is 3.20. The first-order chi connectivity index (χ1) is 7.27. The Balaban J connectivity index is 2.14. The lowest BCUT2D eigenvalue weighted by molar-refractivity contribution is -0.139. The summed E-state index contributed by atoms with van der Waals surface area (Å²) in [5.41, 5.74) is 2.95. The van der Waals surface area contributed by atoms with E-state index in [0.29, 0.717) is 13.2 Å². The van der Waals surface area contributed by atoms with Gasteiger partial charge in [-0.25, -0.2) is 4.98 Å². The third-order valence-electron chi connectivity index (χ3n) is 2.10. The van der Waals surface area contributed by atoms with Crippen molar-refractivity contribution in [3.8, 4) is 0 Å². The average Bonchev–Trinajstić information content (AvgIpc) is 2.65. The molecule has 0 aliphatic carbocycles. The number of ether oxygens (including phenoxy) is 3. The minimum absolute atomic E-state index is 0.271. The smallest absolute Gasteiger partial charge is 0.180 e. The Morgan fingerprint density at radius 3 is 2.67 bits per heavy atom. The Bertz CT molecular complexity index is 273. The highest BCUT2D eigenvalue weighted by molar-refractivity contribution is 7.09. The van der Waals surface area contributed by atoms with E-state index in [1.165, 1.54) is 4.88 Å². The van der Waals surface area contributed by atoms with Crippen molar-refractivity contribution in [3.63, 3.8) is 0 Å². The molecular formula is C10H17NO3S. The highest BCUT2D eigenvalue weighted by Crippen LogP contribution is 2.12. The minimum atomic E-state index is -0.271. The lowest BCUT2D eigenvalue weighted by Crippen LogP contribution is -2.20. The van der Waals surface area contributed by atoms with Crippen molar-refractivity contribution in [3.05, 3.63) is 16.1 Å². The zero-order valence-electron chi connectivity index (χ0n) is 9.36. The van der Waals surface area contributed by atoms with Gasteiger partial charge in [0, 0.05) is 25.5 Å². The van der Waals surface area contributed by atoms with E-state index in [1.807, 2.05) is 12.4 Å². The molecule has 1 aromatic heterocycles. The van der Waals surface area contributed by atoms with E-state index in [2.05, 4.69) is 4.98 Å². The van der Waals surface area contributed by atoms with E-state index in [9.17, 15) is 0 Å². The maximum Gasteiger partial charge on any atom is 0.180 e. The van der Waals surface area contributed by atoms with Gasteiger partial charge in [0.1, 0.15) is 0 Å². The monoisotopic (exact) mass is 231 g/mol. The quantitative estimate of drug-likeness (QED) is 0.528. The van der Waals surface area contributed by atoms with Crippen molar-refractivity contribution in [2.24, 2.45) is 0 Å². The van der Waals surface area contributed by atoms with Crippen molar-refractivity contribution in [1.29, 1.82) is 0 Å². The second-order valence-electron chi connectivity index (χ2n) is 3.09. The third kappa shape index (κ3) is 4.25. The van der Waals surface area contributed by atoms with Crippen molar-refractivity contribution in [2.75, 3.05) is 27.4 Å². The van der Waals surface area contributed by atoms with Crippen molar-refractivity contribution in [1.82, 2.24) is 4.98 Å². The minimum Gasteiger partial charge on any atom is -0.376 e. The fourth-order valence-electron chi connectivity index (χ4n) is 1.14. The van der Waals surface area contributed by atoms with Gasteiger partial charge < -0.3 is 14.2 Å². The topological polar surface area (TPSA) is 40.6 Å². The third-order valence-corrected chi connectivity index (χ3v) is 3.09. The number of hydrogen-bond donors (Lipinski definition) is 0. The van der Waals surface area contributed by atoms with Gasteiger partial charge in [0.15, 0.2) is 6.29 Å². The van der Waals surface area contributed by atoms with E-state index in [0.717, 1.165) is 12.1 Å². The van der Waals surface area contributed by atoms with E-state index < -0.39 is 0 Å². The molecule has 1 aromatic rings. The molecule has 0 aliphatic rings. The molecule has 1 heterocycles. The van der Waals surface area contributed by atoms with Gasteiger partial charge in [-0.15, -0.1) is 11.3 Å². The number of rotatable bonds is 7. The first-order valence-corrected chi connectivity index (χ1v) is 5.68. The molecule has 15 heavy (non-hydrogen) atoms. The molecule has 0 bridgehead atoms. The van der Waals surface area contributed by atoms with Crippen molar-refractivity contribution >= 4 is 11.3 Å². The summed E-state index contributed by atoms with van der Waals surface area (Å²) in [5, 5.41) is 0. The van der Waals surface area contributed by atoms with Crippen LogP contribution in [0.4, 0.5) is 0 Å².